The Labute approximate surface area is 111 Å². The fourth-order valence-electron chi connectivity index (χ4n) is 2.11. The van der Waals surface area contributed by atoms with E-state index in [0.717, 1.165) is 11.6 Å². The molecule has 1 N–H and O–H groups in total. The predicted molar refractivity (Wildman–Crippen MR) is 70.3 cm³/mol. The number of carboxylic acid groups (broad SMARTS) is 1. The Hall–Kier alpha value is -2.36. The van der Waals surface area contributed by atoms with Crippen LogP contribution < -0.4 is 0 Å². The summed E-state index contributed by atoms with van der Waals surface area (Å²) in [6.45, 7) is 3.46. The van der Waals surface area contributed by atoms with Crippen molar-refractivity contribution in [3.8, 4) is 0 Å². The lowest BCUT2D eigenvalue weighted by Crippen LogP contribution is -2.31. The highest BCUT2D eigenvalue weighted by molar-refractivity contribution is 6.06. The third-order valence-corrected chi connectivity index (χ3v) is 3.08. The molecule has 0 fully saturated rings. The molecule has 0 amide bonds. The molecule has 0 saturated carbocycles. The summed E-state index contributed by atoms with van der Waals surface area (Å²) in [5.74, 6) is -1.91. The lowest BCUT2D eigenvalue weighted by molar-refractivity contribution is -0.141. The molecule has 0 aromatic heterocycles. The standard InChI is InChI=1S/C15H14O4/c1-3-6-10-7-4-5-8-11(10)15(2)13(16)9-12(19-15)14(17)18/h3-9H,1-2H3,(H,17,18). The molecule has 0 spiro atoms. The van der Waals surface area contributed by atoms with Gasteiger partial charge in [0.1, 0.15) is 0 Å². The van der Waals surface area contributed by atoms with Gasteiger partial charge in [-0.15, -0.1) is 0 Å². The van der Waals surface area contributed by atoms with Gasteiger partial charge in [-0.05, 0) is 19.4 Å². The van der Waals surface area contributed by atoms with E-state index in [0.29, 0.717) is 5.56 Å². The average molecular weight is 258 g/mol. The number of rotatable bonds is 3. The molecule has 1 atom stereocenters. The van der Waals surface area contributed by atoms with Gasteiger partial charge in [-0.2, -0.15) is 0 Å². The summed E-state index contributed by atoms with van der Waals surface area (Å²) in [4.78, 5) is 23.0. The maximum Gasteiger partial charge on any atom is 0.371 e. The summed E-state index contributed by atoms with van der Waals surface area (Å²) < 4.78 is 5.37. The smallest absolute Gasteiger partial charge is 0.371 e. The third-order valence-electron chi connectivity index (χ3n) is 3.08. The molecule has 0 bridgehead atoms. The van der Waals surface area contributed by atoms with Crippen molar-refractivity contribution >= 4 is 17.8 Å². The maximum atomic E-state index is 12.1. The summed E-state index contributed by atoms with van der Waals surface area (Å²) >= 11 is 0. The second-order valence-corrected chi connectivity index (χ2v) is 4.40. The van der Waals surface area contributed by atoms with Crippen LogP contribution in [0.4, 0.5) is 0 Å². The first-order valence-electron chi connectivity index (χ1n) is 5.89. The Balaban J connectivity index is 2.48. The molecular formula is C15H14O4. The first-order chi connectivity index (χ1) is 8.99. The van der Waals surface area contributed by atoms with Gasteiger partial charge in [0.15, 0.2) is 5.60 Å². The molecule has 1 aromatic rings. The molecule has 0 aliphatic carbocycles. The number of aliphatic carboxylic acids is 1. The summed E-state index contributed by atoms with van der Waals surface area (Å²) in [7, 11) is 0. The van der Waals surface area contributed by atoms with Crippen LogP contribution in [-0.2, 0) is 19.9 Å². The van der Waals surface area contributed by atoms with Gasteiger partial charge in [-0.1, -0.05) is 36.4 Å². The highest BCUT2D eigenvalue weighted by Gasteiger charge is 2.44. The van der Waals surface area contributed by atoms with Crippen LogP contribution in [0, 0.1) is 0 Å². The summed E-state index contributed by atoms with van der Waals surface area (Å²) in [6.07, 6.45) is 4.75. The topological polar surface area (TPSA) is 63.6 Å². The molecule has 1 heterocycles. The van der Waals surface area contributed by atoms with E-state index < -0.39 is 11.6 Å². The third kappa shape index (κ3) is 2.17. The van der Waals surface area contributed by atoms with Crippen molar-refractivity contribution in [1.29, 1.82) is 0 Å². The van der Waals surface area contributed by atoms with E-state index in [1.165, 1.54) is 0 Å². The normalized spacial score (nSPS) is 22.4. The quantitative estimate of drug-likeness (QED) is 0.904. The molecule has 4 nitrogen and oxygen atoms in total. The first-order valence-corrected chi connectivity index (χ1v) is 5.89. The van der Waals surface area contributed by atoms with Crippen LogP contribution >= 0.6 is 0 Å². The van der Waals surface area contributed by atoms with Crippen LogP contribution in [0.25, 0.3) is 6.08 Å². The molecule has 0 radical (unpaired) electrons. The van der Waals surface area contributed by atoms with Gasteiger partial charge in [0, 0.05) is 11.6 Å². The van der Waals surface area contributed by atoms with E-state index in [1.54, 1.807) is 19.1 Å². The van der Waals surface area contributed by atoms with Crippen LogP contribution in [-0.4, -0.2) is 16.9 Å². The fourth-order valence-corrected chi connectivity index (χ4v) is 2.11. The highest BCUT2D eigenvalue weighted by Crippen LogP contribution is 2.37. The van der Waals surface area contributed by atoms with E-state index in [1.807, 2.05) is 31.2 Å². The van der Waals surface area contributed by atoms with Crippen molar-refractivity contribution in [2.45, 2.75) is 19.4 Å². The highest BCUT2D eigenvalue weighted by atomic mass is 16.5. The zero-order valence-electron chi connectivity index (χ0n) is 10.7. The van der Waals surface area contributed by atoms with Gasteiger partial charge < -0.3 is 9.84 Å². The predicted octanol–water partition coefficient (Wildman–Crippen LogP) is 2.50. The second kappa shape index (κ2) is 4.72. The number of carboxylic acids is 1. The van der Waals surface area contributed by atoms with Gasteiger partial charge in [-0.3, -0.25) is 4.79 Å². The van der Waals surface area contributed by atoms with Crippen molar-refractivity contribution in [2.75, 3.05) is 0 Å². The van der Waals surface area contributed by atoms with Crippen molar-refractivity contribution < 1.29 is 19.4 Å². The number of allylic oxidation sites excluding steroid dienone is 1. The Morgan fingerprint density at radius 1 is 1.37 bits per heavy atom. The van der Waals surface area contributed by atoms with Gasteiger partial charge in [0.05, 0.1) is 0 Å². The number of carbonyl (C=O) groups is 2. The minimum absolute atomic E-state index is 0.317. The first kappa shape index (κ1) is 13.1. The molecular weight excluding hydrogens is 244 g/mol. The number of benzene rings is 1. The SMILES string of the molecule is CC=Cc1ccccc1C1(C)OC(C(=O)O)=CC1=O. The largest absolute Gasteiger partial charge is 0.475 e. The maximum absolute atomic E-state index is 12.1. The van der Waals surface area contributed by atoms with Crippen LogP contribution in [0.1, 0.15) is 25.0 Å². The van der Waals surface area contributed by atoms with Crippen LogP contribution in [0.5, 0.6) is 0 Å². The number of hydrogen-bond donors (Lipinski definition) is 1. The van der Waals surface area contributed by atoms with Gasteiger partial charge in [0.25, 0.3) is 0 Å². The Kier molecular flexibility index (Phi) is 3.25. The van der Waals surface area contributed by atoms with Crippen LogP contribution in [0.2, 0.25) is 0 Å². The zero-order chi connectivity index (χ0) is 14.0. The second-order valence-electron chi connectivity index (χ2n) is 4.40. The van der Waals surface area contributed by atoms with Gasteiger partial charge in [-0.25, -0.2) is 4.79 Å². The Bertz CT molecular complexity index is 598. The molecule has 1 unspecified atom stereocenters. The van der Waals surface area contributed by atoms with Crippen molar-refractivity contribution in [2.24, 2.45) is 0 Å². The van der Waals surface area contributed by atoms with E-state index in [-0.39, 0.29) is 11.5 Å². The van der Waals surface area contributed by atoms with Crippen molar-refractivity contribution in [3.63, 3.8) is 0 Å². The number of ketones is 1. The summed E-state index contributed by atoms with van der Waals surface area (Å²) in [6, 6.07) is 7.28. The van der Waals surface area contributed by atoms with E-state index in [2.05, 4.69) is 0 Å². The minimum Gasteiger partial charge on any atom is -0.475 e. The monoisotopic (exact) mass is 258 g/mol. The molecule has 0 saturated heterocycles. The molecule has 1 aliphatic rings. The number of carbonyl (C=O) groups excluding carboxylic acids is 1. The van der Waals surface area contributed by atoms with Crippen molar-refractivity contribution in [1.82, 2.24) is 0 Å². The minimum atomic E-state index is -1.27. The van der Waals surface area contributed by atoms with Gasteiger partial charge in [0.2, 0.25) is 11.5 Å². The average Bonchev–Trinajstić information content (AvgIpc) is 2.68. The molecule has 98 valence electrons. The van der Waals surface area contributed by atoms with Gasteiger partial charge >= 0.3 is 5.97 Å². The summed E-state index contributed by atoms with van der Waals surface area (Å²) in [5, 5.41) is 8.92. The van der Waals surface area contributed by atoms with Crippen LogP contribution in [0.15, 0.2) is 42.2 Å². The lowest BCUT2D eigenvalue weighted by Gasteiger charge is -2.25. The molecule has 2 rings (SSSR count). The molecule has 19 heavy (non-hydrogen) atoms. The lowest BCUT2D eigenvalue weighted by atomic mass is 9.88. The molecule has 1 aromatic carbocycles. The summed E-state index contributed by atoms with van der Waals surface area (Å²) in [5.41, 5.74) is 0.218. The Morgan fingerprint density at radius 3 is 2.63 bits per heavy atom. The number of hydrogen-bond acceptors (Lipinski definition) is 3. The van der Waals surface area contributed by atoms with E-state index >= 15 is 0 Å². The molecule has 1 aliphatic heterocycles. The molecule has 4 heteroatoms. The zero-order valence-corrected chi connectivity index (χ0v) is 10.7. The van der Waals surface area contributed by atoms with Crippen molar-refractivity contribution in [3.05, 3.63) is 53.3 Å². The number of ether oxygens (including phenoxy) is 1. The van der Waals surface area contributed by atoms with E-state index in [4.69, 9.17) is 9.84 Å². The fraction of sp³-hybridized carbons (Fsp3) is 0.200. The van der Waals surface area contributed by atoms with E-state index in [9.17, 15) is 9.59 Å². The Morgan fingerprint density at radius 2 is 2.05 bits per heavy atom. The van der Waals surface area contributed by atoms with Crippen LogP contribution in [0.3, 0.4) is 0 Å².